The molecular formula is C23H22N2O4. The molecule has 0 aliphatic carbocycles. The minimum atomic E-state index is -0.139. The number of carbonyl (C=O) groups excluding carboxylic acids is 2. The molecule has 0 spiro atoms. The number of hydrogen-bond acceptors (Lipinski definition) is 4. The van der Waals surface area contributed by atoms with Gasteiger partial charge in [0.1, 0.15) is 11.3 Å². The van der Waals surface area contributed by atoms with E-state index in [2.05, 4.69) is 0 Å². The number of furan rings is 1. The number of nitrogens with zero attached hydrogens (tertiary/aromatic N) is 2. The second kappa shape index (κ2) is 8.22. The van der Waals surface area contributed by atoms with Gasteiger partial charge in [-0.05, 0) is 35.9 Å². The van der Waals surface area contributed by atoms with E-state index < -0.39 is 0 Å². The van der Waals surface area contributed by atoms with Crippen molar-refractivity contribution in [2.45, 2.75) is 0 Å². The average molecular weight is 390 g/mol. The zero-order chi connectivity index (χ0) is 20.2. The fraction of sp³-hybridized carbons (Fsp3) is 0.217. The molecule has 0 bridgehead atoms. The van der Waals surface area contributed by atoms with E-state index in [4.69, 9.17) is 9.15 Å². The molecule has 4 rings (SSSR count). The number of para-hydroxylation sites is 1. The Kier molecular flexibility index (Phi) is 5.33. The number of ether oxygens (including phenoxy) is 1. The molecule has 0 saturated carbocycles. The molecule has 1 aliphatic heterocycles. The average Bonchev–Trinajstić information content (AvgIpc) is 3.21. The highest BCUT2D eigenvalue weighted by Gasteiger charge is 2.25. The van der Waals surface area contributed by atoms with Crippen molar-refractivity contribution < 1.29 is 18.7 Å². The molecule has 1 aromatic heterocycles. The fourth-order valence-electron chi connectivity index (χ4n) is 3.39. The predicted molar refractivity (Wildman–Crippen MR) is 111 cm³/mol. The van der Waals surface area contributed by atoms with Crippen LogP contribution in [0.4, 0.5) is 0 Å². The van der Waals surface area contributed by atoms with Crippen LogP contribution in [0.1, 0.15) is 16.1 Å². The highest BCUT2D eigenvalue weighted by atomic mass is 16.5. The molecule has 0 unspecified atom stereocenters. The molecule has 1 fully saturated rings. The second-order valence-electron chi connectivity index (χ2n) is 6.88. The maximum Gasteiger partial charge on any atom is 0.289 e. The summed E-state index contributed by atoms with van der Waals surface area (Å²) < 4.78 is 10.9. The van der Waals surface area contributed by atoms with Gasteiger partial charge in [-0.1, -0.05) is 30.3 Å². The first-order chi connectivity index (χ1) is 14.1. The van der Waals surface area contributed by atoms with Crippen LogP contribution in [0.25, 0.3) is 17.0 Å². The highest BCUT2D eigenvalue weighted by Crippen LogP contribution is 2.21. The largest absolute Gasteiger partial charge is 0.497 e. The molecule has 29 heavy (non-hydrogen) atoms. The maximum absolute atomic E-state index is 12.7. The van der Waals surface area contributed by atoms with Gasteiger partial charge >= 0.3 is 0 Å². The van der Waals surface area contributed by atoms with E-state index in [0.717, 1.165) is 16.7 Å². The highest BCUT2D eigenvalue weighted by molar-refractivity contribution is 5.96. The lowest BCUT2D eigenvalue weighted by molar-refractivity contribution is -0.127. The standard InChI is InChI=1S/C23H22N2O4/c1-28-19-7-4-5-17(15-19)9-10-22(26)24-11-13-25(14-12-24)23(27)21-16-18-6-2-3-8-20(18)29-21/h2-10,15-16H,11-14H2,1H3/b10-9+. The quantitative estimate of drug-likeness (QED) is 0.640. The van der Waals surface area contributed by atoms with Crippen molar-refractivity contribution in [3.05, 3.63) is 72.0 Å². The third kappa shape index (κ3) is 4.16. The molecular weight excluding hydrogens is 368 g/mol. The van der Waals surface area contributed by atoms with Crippen LogP contribution in [0.15, 0.2) is 65.1 Å². The van der Waals surface area contributed by atoms with Crippen molar-refractivity contribution in [3.8, 4) is 5.75 Å². The Balaban J connectivity index is 1.35. The number of fused-ring (bicyclic) bond motifs is 1. The summed E-state index contributed by atoms with van der Waals surface area (Å²) in [6.45, 7) is 1.95. The summed E-state index contributed by atoms with van der Waals surface area (Å²) >= 11 is 0. The van der Waals surface area contributed by atoms with Crippen molar-refractivity contribution in [1.29, 1.82) is 0 Å². The van der Waals surface area contributed by atoms with Gasteiger partial charge in [-0.3, -0.25) is 9.59 Å². The Morgan fingerprint density at radius 3 is 2.48 bits per heavy atom. The van der Waals surface area contributed by atoms with Crippen molar-refractivity contribution in [2.24, 2.45) is 0 Å². The van der Waals surface area contributed by atoms with Crippen LogP contribution in [0.2, 0.25) is 0 Å². The molecule has 6 nitrogen and oxygen atoms in total. The van der Waals surface area contributed by atoms with Crippen molar-refractivity contribution in [1.82, 2.24) is 9.80 Å². The lowest BCUT2D eigenvalue weighted by Crippen LogP contribution is -2.50. The van der Waals surface area contributed by atoms with Crippen LogP contribution in [0.5, 0.6) is 5.75 Å². The van der Waals surface area contributed by atoms with Gasteiger partial charge in [-0.15, -0.1) is 0 Å². The zero-order valence-corrected chi connectivity index (χ0v) is 16.2. The van der Waals surface area contributed by atoms with E-state index in [1.807, 2.05) is 48.5 Å². The number of hydrogen-bond donors (Lipinski definition) is 0. The molecule has 0 atom stereocenters. The molecule has 1 saturated heterocycles. The van der Waals surface area contributed by atoms with Crippen LogP contribution < -0.4 is 4.74 Å². The van der Waals surface area contributed by atoms with E-state index in [1.165, 1.54) is 0 Å². The molecule has 148 valence electrons. The van der Waals surface area contributed by atoms with Gasteiger partial charge in [0.05, 0.1) is 7.11 Å². The van der Waals surface area contributed by atoms with E-state index in [9.17, 15) is 9.59 Å². The Bertz CT molecular complexity index is 1030. The molecule has 2 heterocycles. The van der Waals surface area contributed by atoms with E-state index >= 15 is 0 Å². The summed E-state index contributed by atoms with van der Waals surface area (Å²) in [5, 5.41) is 0.910. The predicted octanol–water partition coefficient (Wildman–Crippen LogP) is 3.44. The number of benzene rings is 2. The van der Waals surface area contributed by atoms with E-state index in [-0.39, 0.29) is 11.8 Å². The lowest BCUT2D eigenvalue weighted by atomic mass is 10.2. The van der Waals surface area contributed by atoms with Crippen LogP contribution >= 0.6 is 0 Å². The van der Waals surface area contributed by atoms with Crippen LogP contribution in [0.3, 0.4) is 0 Å². The number of amides is 2. The zero-order valence-electron chi connectivity index (χ0n) is 16.2. The summed E-state index contributed by atoms with van der Waals surface area (Å²) in [4.78, 5) is 28.7. The summed E-state index contributed by atoms with van der Waals surface area (Å²) in [5.41, 5.74) is 1.60. The molecule has 0 N–H and O–H groups in total. The number of carbonyl (C=O) groups is 2. The topological polar surface area (TPSA) is 63.0 Å². The van der Waals surface area contributed by atoms with Crippen LogP contribution in [0, 0.1) is 0 Å². The van der Waals surface area contributed by atoms with E-state index in [1.54, 1.807) is 35.1 Å². The number of methoxy groups -OCH3 is 1. The molecule has 0 radical (unpaired) electrons. The Morgan fingerprint density at radius 1 is 0.966 bits per heavy atom. The van der Waals surface area contributed by atoms with Crippen molar-refractivity contribution in [3.63, 3.8) is 0 Å². The first kappa shape index (κ1) is 18.8. The molecule has 2 aromatic carbocycles. The molecule has 6 heteroatoms. The minimum Gasteiger partial charge on any atom is -0.497 e. The van der Waals surface area contributed by atoms with Gasteiger partial charge in [-0.25, -0.2) is 0 Å². The third-order valence-electron chi connectivity index (χ3n) is 5.03. The fourth-order valence-corrected chi connectivity index (χ4v) is 3.39. The SMILES string of the molecule is COc1cccc(/C=C/C(=O)N2CCN(C(=O)c3cc4ccccc4o3)CC2)c1. The maximum atomic E-state index is 12.7. The molecule has 1 aliphatic rings. The number of piperazine rings is 1. The second-order valence-corrected chi connectivity index (χ2v) is 6.88. The van der Waals surface area contributed by atoms with Crippen LogP contribution in [-0.2, 0) is 4.79 Å². The normalized spacial score (nSPS) is 14.5. The monoisotopic (exact) mass is 390 g/mol. The summed E-state index contributed by atoms with van der Waals surface area (Å²) in [5.74, 6) is 0.880. The minimum absolute atomic E-state index is 0.0661. The molecule has 3 aromatic rings. The smallest absolute Gasteiger partial charge is 0.289 e. The Morgan fingerprint density at radius 2 is 1.72 bits per heavy atom. The van der Waals surface area contributed by atoms with Crippen molar-refractivity contribution >= 4 is 28.9 Å². The first-order valence-electron chi connectivity index (χ1n) is 9.53. The van der Waals surface area contributed by atoms with Gasteiger partial charge in [-0.2, -0.15) is 0 Å². The van der Waals surface area contributed by atoms with Gasteiger partial charge in [0.15, 0.2) is 5.76 Å². The van der Waals surface area contributed by atoms with Crippen molar-refractivity contribution in [2.75, 3.05) is 33.3 Å². The Hall–Kier alpha value is -3.54. The van der Waals surface area contributed by atoms with Gasteiger partial charge in [0, 0.05) is 37.6 Å². The van der Waals surface area contributed by atoms with Gasteiger partial charge in [0.2, 0.25) is 5.91 Å². The summed E-state index contributed by atoms with van der Waals surface area (Å²) in [6, 6.07) is 16.8. The summed E-state index contributed by atoms with van der Waals surface area (Å²) in [6.07, 6.45) is 3.34. The van der Waals surface area contributed by atoms with Crippen LogP contribution in [-0.4, -0.2) is 54.9 Å². The lowest BCUT2D eigenvalue weighted by Gasteiger charge is -2.33. The summed E-state index contributed by atoms with van der Waals surface area (Å²) in [7, 11) is 1.61. The molecule has 2 amide bonds. The van der Waals surface area contributed by atoms with Gasteiger partial charge in [0.25, 0.3) is 5.91 Å². The Labute approximate surface area is 169 Å². The van der Waals surface area contributed by atoms with Gasteiger partial charge < -0.3 is 19.0 Å². The first-order valence-corrected chi connectivity index (χ1v) is 9.53. The van der Waals surface area contributed by atoms with E-state index in [0.29, 0.717) is 37.5 Å². The number of rotatable bonds is 4. The third-order valence-corrected chi connectivity index (χ3v) is 5.03.